The summed E-state index contributed by atoms with van der Waals surface area (Å²) in [7, 11) is 2.20. The second-order valence-corrected chi connectivity index (χ2v) is 4.71. The lowest BCUT2D eigenvalue weighted by molar-refractivity contribution is 0.754. The number of anilines is 1. The van der Waals surface area contributed by atoms with Crippen LogP contribution in [0.4, 0.5) is 5.69 Å². The van der Waals surface area contributed by atoms with Gasteiger partial charge in [0.05, 0.1) is 0 Å². The summed E-state index contributed by atoms with van der Waals surface area (Å²) in [5.74, 6) is 0.756. The van der Waals surface area contributed by atoms with Gasteiger partial charge in [0, 0.05) is 25.8 Å². The van der Waals surface area contributed by atoms with Gasteiger partial charge in [0.2, 0.25) is 0 Å². The van der Waals surface area contributed by atoms with Crippen LogP contribution < -0.4 is 10.2 Å². The van der Waals surface area contributed by atoms with Gasteiger partial charge in [-0.05, 0) is 42.5 Å². The molecule has 1 N–H and O–H groups in total. The van der Waals surface area contributed by atoms with Gasteiger partial charge in [-0.1, -0.05) is 12.1 Å². The number of nitrogens with zero attached hydrogens (tertiary/aromatic N) is 1. The van der Waals surface area contributed by atoms with Crippen LogP contribution in [0.15, 0.2) is 18.2 Å². The van der Waals surface area contributed by atoms with Crippen LogP contribution in [-0.2, 0) is 6.42 Å². The van der Waals surface area contributed by atoms with Gasteiger partial charge in [0.1, 0.15) is 0 Å². The van der Waals surface area contributed by atoms with E-state index >= 15 is 0 Å². The average Bonchev–Trinajstić information content (AvgIpc) is 2.88. The van der Waals surface area contributed by atoms with Crippen LogP contribution >= 0.6 is 0 Å². The van der Waals surface area contributed by atoms with Crippen LogP contribution in [0.2, 0.25) is 0 Å². The third kappa shape index (κ3) is 1.44. The average molecular weight is 202 g/mol. The lowest BCUT2D eigenvalue weighted by Crippen LogP contribution is -2.12. The molecule has 2 nitrogen and oxygen atoms in total. The number of hydrogen-bond acceptors (Lipinski definition) is 2. The Labute approximate surface area is 91.3 Å². The highest BCUT2D eigenvalue weighted by atomic mass is 15.1. The third-order valence-electron chi connectivity index (χ3n) is 3.80. The molecule has 3 rings (SSSR count). The van der Waals surface area contributed by atoms with E-state index < -0.39 is 0 Å². The van der Waals surface area contributed by atoms with Gasteiger partial charge in [-0.15, -0.1) is 0 Å². The fraction of sp³-hybridized carbons (Fsp3) is 0.538. The number of likely N-dealkylation sites (N-methyl/N-ethyl adjacent to an activating group) is 1. The molecule has 1 unspecified atom stereocenters. The van der Waals surface area contributed by atoms with Gasteiger partial charge in [0.15, 0.2) is 0 Å². The standard InChI is InChI=1S/C13H18N2/c1-15-8-6-12-11(3-2-4-13(12)15)10-5-7-14-9-10/h2-4,10,14H,5-9H2,1H3. The second kappa shape index (κ2) is 3.53. The molecule has 80 valence electrons. The van der Waals surface area contributed by atoms with E-state index in [1.807, 2.05) is 0 Å². The quantitative estimate of drug-likeness (QED) is 0.746. The van der Waals surface area contributed by atoms with Crippen molar-refractivity contribution in [2.45, 2.75) is 18.8 Å². The molecule has 0 bridgehead atoms. The van der Waals surface area contributed by atoms with Gasteiger partial charge in [-0.2, -0.15) is 0 Å². The van der Waals surface area contributed by atoms with Crippen LogP contribution in [0, 0.1) is 0 Å². The van der Waals surface area contributed by atoms with Crippen molar-refractivity contribution < 1.29 is 0 Å². The molecular formula is C13H18N2. The van der Waals surface area contributed by atoms with Crippen LogP contribution in [0.5, 0.6) is 0 Å². The summed E-state index contributed by atoms with van der Waals surface area (Å²) in [5.41, 5.74) is 4.66. The van der Waals surface area contributed by atoms with Gasteiger partial charge in [-0.25, -0.2) is 0 Å². The molecule has 0 spiro atoms. The first kappa shape index (κ1) is 9.22. The summed E-state index contributed by atoms with van der Waals surface area (Å²) in [6, 6.07) is 6.80. The van der Waals surface area contributed by atoms with Crippen LogP contribution in [0.3, 0.4) is 0 Å². The highest BCUT2D eigenvalue weighted by Crippen LogP contribution is 2.35. The van der Waals surface area contributed by atoms with E-state index in [9.17, 15) is 0 Å². The monoisotopic (exact) mass is 202 g/mol. The number of hydrogen-bond donors (Lipinski definition) is 1. The third-order valence-corrected chi connectivity index (χ3v) is 3.80. The molecule has 15 heavy (non-hydrogen) atoms. The van der Waals surface area contributed by atoms with E-state index in [-0.39, 0.29) is 0 Å². The van der Waals surface area contributed by atoms with Crippen molar-refractivity contribution in [3.63, 3.8) is 0 Å². The zero-order chi connectivity index (χ0) is 10.3. The van der Waals surface area contributed by atoms with Gasteiger partial charge in [0.25, 0.3) is 0 Å². The van der Waals surface area contributed by atoms with E-state index in [0.717, 1.165) is 5.92 Å². The Morgan fingerprint density at radius 1 is 1.40 bits per heavy atom. The molecule has 0 amide bonds. The van der Waals surface area contributed by atoms with E-state index in [1.54, 1.807) is 11.1 Å². The number of fused-ring (bicyclic) bond motifs is 1. The SMILES string of the molecule is CN1CCc2c(C3CCNC3)cccc21. The summed E-state index contributed by atoms with van der Waals surface area (Å²) >= 11 is 0. The Bertz CT molecular complexity index is 367. The Balaban J connectivity index is 2.01. The van der Waals surface area contributed by atoms with Gasteiger partial charge in [-0.3, -0.25) is 0 Å². The molecule has 1 aromatic carbocycles. The maximum Gasteiger partial charge on any atom is 0.0399 e. The molecule has 0 aliphatic carbocycles. The van der Waals surface area contributed by atoms with E-state index in [0.29, 0.717) is 0 Å². The lowest BCUT2D eigenvalue weighted by atomic mass is 9.92. The van der Waals surface area contributed by atoms with Crippen LogP contribution in [0.1, 0.15) is 23.5 Å². The van der Waals surface area contributed by atoms with E-state index in [1.165, 1.54) is 38.2 Å². The highest BCUT2D eigenvalue weighted by Gasteiger charge is 2.24. The van der Waals surface area contributed by atoms with Crippen molar-refractivity contribution in [2.75, 3.05) is 31.6 Å². The zero-order valence-corrected chi connectivity index (χ0v) is 9.29. The molecule has 2 heterocycles. The second-order valence-electron chi connectivity index (χ2n) is 4.71. The minimum atomic E-state index is 0.756. The van der Waals surface area contributed by atoms with Crippen molar-refractivity contribution in [3.05, 3.63) is 29.3 Å². The zero-order valence-electron chi connectivity index (χ0n) is 9.29. The van der Waals surface area contributed by atoms with Crippen LogP contribution in [0.25, 0.3) is 0 Å². The first-order valence-electron chi connectivity index (χ1n) is 5.90. The molecular weight excluding hydrogens is 184 g/mol. The highest BCUT2D eigenvalue weighted by molar-refractivity contribution is 5.61. The molecule has 1 atom stereocenters. The molecule has 2 aliphatic rings. The Kier molecular flexibility index (Phi) is 2.17. The maximum atomic E-state index is 3.46. The Morgan fingerprint density at radius 2 is 2.33 bits per heavy atom. The molecule has 1 aromatic rings. The molecule has 0 aromatic heterocycles. The first-order chi connectivity index (χ1) is 7.36. The Morgan fingerprint density at radius 3 is 3.13 bits per heavy atom. The smallest absolute Gasteiger partial charge is 0.0399 e. The van der Waals surface area contributed by atoms with E-state index in [4.69, 9.17) is 0 Å². The Hall–Kier alpha value is -1.02. The van der Waals surface area contributed by atoms with Gasteiger partial charge >= 0.3 is 0 Å². The number of rotatable bonds is 1. The number of benzene rings is 1. The summed E-state index contributed by atoms with van der Waals surface area (Å²) in [4.78, 5) is 2.38. The maximum absolute atomic E-state index is 3.46. The van der Waals surface area contributed by atoms with Crippen LogP contribution in [-0.4, -0.2) is 26.7 Å². The lowest BCUT2D eigenvalue weighted by Gasteiger charge is -2.16. The summed E-state index contributed by atoms with van der Waals surface area (Å²) in [6.45, 7) is 3.54. The largest absolute Gasteiger partial charge is 0.374 e. The van der Waals surface area contributed by atoms with Crippen molar-refractivity contribution in [3.8, 4) is 0 Å². The van der Waals surface area contributed by atoms with Crippen molar-refractivity contribution >= 4 is 5.69 Å². The molecule has 0 saturated carbocycles. The number of nitrogens with one attached hydrogen (secondary N) is 1. The van der Waals surface area contributed by atoms with Gasteiger partial charge < -0.3 is 10.2 Å². The van der Waals surface area contributed by atoms with E-state index in [2.05, 4.69) is 35.5 Å². The fourth-order valence-electron chi connectivity index (χ4n) is 2.92. The first-order valence-corrected chi connectivity index (χ1v) is 5.90. The molecule has 2 heteroatoms. The summed E-state index contributed by atoms with van der Waals surface area (Å²) in [6.07, 6.45) is 2.54. The summed E-state index contributed by atoms with van der Waals surface area (Å²) < 4.78 is 0. The normalized spacial score (nSPS) is 24.6. The molecule has 1 fully saturated rings. The van der Waals surface area contributed by atoms with Crippen molar-refractivity contribution in [2.24, 2.45) is 0 Å². The minimum absolute atomic E-state index is 0.756. The predicted molar refractivity (Wildman–Crippen MR) is 63.6 cm³/mol. The van der Waals surface area contributed by atoms with Crippen molar-refractivity contribution in [1.82, 2.24) is 5.32 Å². The summed E-state index contributed by atoms with van der Waals surface area (Å²) in [5, 5.41) is 3.46. The molecule has 2 aliphatic heterocycles. The fourth-order valence-corrected chi connectivity index (χ4v) is 2.92. The minimum Gasteiger partial charge on any atom is -0.374 e. The topological polar surface area (TPSA) is 15.3 Å². The van der Waals surface area contributed by atoms with Crippen molar-refractivity contribution in [1.29, 1.82) is 0 Å². The molecule has 0 radical (unpaired) electrons. The molecule has 1 saturated heterocycles. The predicted octanol–water partition coefficient (Wildman–Crippen LogP) is 1.76.